The van der Waals surface area contributed by atoms with Crippen LogP contribution in [-0.4, -0.2) is 89.6 Å². The van der Waals surface area contributed by atoms with Gasteiger partial charge >= 0.3 is 0 Å². The number of nitrogens with one attached hydrogen (secondary N) is 2. The average Bonchev–Trinajstić information content (AvgIpc) is 3.65. The molecule has 1 fully saturated rings. The van der Waals surface area contributed by atoms with E-state index in [1.165, 1.54) is 17.9 Å². The van der Waals surface area contributed by atoms with Gasteiger partial charge in [-0.3, -0.25) is 9.36 Å². The van der Waals surface area contributed by atoms with E-state index < -0.39 is 30.4 Å². The predicted octanol–water partition coefficient (Wildman–Crippen LogP) is 0.270. The van der Waals surface area contributed by atoms with Gasteiger partial charge in [0.15, 0.2) is 40.8 Å². The third kappa shape index (κ3) is 4.45. The summed E-state index contributed by atoms with van der Waals surface area (Å²) < 4.78 is 14.1. The van der Waals surface area contributed by atoms with E-state index in [-0.39, 0.29) is 5.82 Å². The van der Waals surface area contributed by atoms with Crippen molar-refractivity contribution in [3.63, 3.8) is 0 Å². The molecule has 3 aromatic heterocycles. The Hall–Kier alpha value is -4.14. The second-order valence-corrected chi connectivity index (χ2v) is 8.44. The number of imidazole rings is 1. The molecule has 5 rings (SSSR count). The molecule has 14 heteroatoms. The minimum absolute atomic E-state index is 0.262. The molecule has 1 aliphatic heterocycles. The third-order valence-electron chi connectivity index (χ3n) is 6.02. The molecule has 1 aromatic carbocycles. The number of nitrogens with zero attached hydrogens (tertiary/aromatic N) is 7. The summed E-state index contributed by atoms with van der Waals surface area (Å²) in [6, 6.07) is 7.35. The standard InChI is InChI=1S/C23H27N9O5/c1-4-8-25-20-15-21(31(11-26-15)23-17(34)16(33)18(37-23)22(35)24-2)28-19(27-20)14-10-32(30-29-14)12-6-5-7-13(9-12)36-3/h5-7,9-11,16-18,23,33-34H,4,8H2,1-3H3,(H,24,35)(H,25,27,28)/t16-,17+,18?,23?/m0/s1. The largest absolute Gasteiger partial charge is 0.497 e. The van der Waals surface area contributed by atoms with Gasteiger partial charge < -0.3 is 30.3 Å². The quantitative estimate of drug-likeness (QED) is 0.257. The summed E-state index contributed by atoms with van der Waals surface area (Å²) >= 11 is 0. The van der Waals surface area contributed by atoms with Gasteiger partial charge in [-0.2, -0.15) is 0 Å². The van der Waals surface area contributed by atoms with Crippen LogP contribution >= 0.6 is 0 Å². The van der Waals surface area contributed by atoms with Gasteiger partial charge in [0, 0.05) is 19.7 Å². The number of carbonyl (C=O) groups excluding carboxylic acids is 1. The molecule has 4 N–H and O–H groups in total. The van der Waals surface area contributed by atoms with Crippen molar-refractivity contribution in [2.24, 2.45) is 0 Å². The zero-order valence-corrected chi connectivity index (χ0v) is 20.4. The Labute approximate surface area is 211 Å². The van der Waals surface area contributed by atoms with E-state index in [9.17, 15) is 15.0 Å². The number of fused-ring (bicyclic) bond motifs is 1. The smallest absolute Gasteiger partial charge is 0.251 e. The highest BCUT2D eigenvalue weighted by molar-refractivity contribution is 5.85. The highest BCUT2D eigenvalue weighted by Crippen LogP contribution is 2.33. The first-order valence-corrected chi connectivity index (χ1v) is 11.7. The maximum absolute atomic E-state index is 12.1. The molecule has 2 unspecified atom stereocenters. The first-order chi connectivity index (χ1) is 17.9. The first-order valence-electron chi connectivity index (χ1n) is 11.7. The fraction of sp³-hybridized carbons (Fsp3) is 0.391. The summed E-state index contributed by atoms with van der Waals surface area (Å²) in [4.78, 5) is 25.8. The van der Waals surface area contributed by atoms with Gasteiger partial charge in [-0.1, -0.05) is 18.2 Å². The number of ether oxygens (including phenoxy) is 2. The molecule has 14 nitrogen and oxygen atoms in total. The number of hydrogen-bond acceptors (Lipinski definition) is 11. The fourth-order valence-electron chi connectivity index (χ4n) is 4.08. The normalized spacial score (nSPS) is 21.3. The maximum Gasteiger partial charge on any atom is 0.251 e. The number of aliphatic hydroxyl groups is 2. The lowest BCUT2D eigenvalue weighted by atomic mass is 10.1. The lowest BCUT2D eigenvalue weighted by molar-refractivity contribution is -0.137. The molecular weight excluding hydrogens is 482 g/mol. The monoisotopic (exact) mass is 509 g/mol. The van der Waals surface area contributed by atoms with E-state index >= 15 is 0 Å². The molecule has 0 aliphatic carbocycles. The van der Waals surface area contributed by atoms with E-state index in [2.05, 4.69) is 35.9 Å². The van der Waals surface area contributed by atoms with Crippen LogP contribution < -0.4 is 15.4 Å². The number of likely N-dealkylation sites (N-methyl/N-ethyl adjacent to an activating group) is 1. The Bertz CT molecular complexity index is 1420. The molecule has 37 heavy (non-hydrogen) atoms. The molecule has 194 valence electrons. The Morgan fingerprint density at radius 1 is 1.24 bits per heavy atom. The number of aliphatic hydroxyl groups excluding tert-OH is 2. The first kappa shape index (κ1) is 24.5. The topological polar surface area (TPSA) is 174 Å². The number of rotatable bonds is 8. The van der Waals surface area contributed by atoms with Gasteiger partial charge in [0.25, 0.3) is 5.91 Å². The lowest BCUT2D eigenvalue weighted by Gasteiger charge is -2.16. The van der Waals surface area contributed by atoms with Crippen LogP contribution in [0.2, 0.25) is 0 Å². The molecule has 0 saturated carbocycles. The maximum atomic E-state index is 12.1. The van der Waals surface area contributed by atoms with E-state index in [4.69, 9.17) is 9.47 Å². The minimum atomic E-state index is -1.43. The summed E-state index contributed by atoms with van der Waals surface area (Å²) in [7, 11) is 3.01. The van der Waals surface area contributed by atoms with Crippen molar-refractivity contribution in [1.82, 2.24) is 39.8 Å². The van der Waals surface area contributed by atoms with Gasteiger partial charge in [0.05, 0.1) is 25.3 Å². The zero-order valence-electron chi connectivity index (χ0n) is 20.4. The van der Waals surface area contributed by atoms with Crippen molar-refractivity contribution in [1.29, 1.82) is 0 Å². The van der Waals surface area contributed by atoms with E-state index in [1.807, 2.05) is 31.2 Å². The Balaban J connectivity index is 1.56. The minimum Gasteiger partial charge on any atom is -0.497 e. The lowest BCUT2D eigenvalue weighted by Crippen LogP contribution is -2.41. The highest BCUT2D eigenvalue weighted by atomic mass is 16.6. The molecule has 0 bridgehead atoms. The van der Waals surface area contributed by atoms with Crippen LogP contribution in [0.1, 0.15) is 19.6 Å². The number of amides is 1. The van der Waals surface area contributed by atoms with E-state index in [0.29, 0.717) is 35.0 Å². The Kier molecular flexibility index (Phi) is 6.69. The number of aromatic nitrogens is 7. The van der Waals surface area contributed by atoms with Crippen LogP contribution in [0, 0.1) is 0 Å². The molecule has 4 atom stereocenters. The molecule has 0 radical (unpaired) electrons. The number of hydrogen-bond donors (Lipinski definition) is 4. The predicted molar refractivity (Wildman–Crippen MR) is 131 cm³/mol. The fourth-order valence-corrected chi connectivity index (χ4v) is 4.08. The summed E-state index contributed by atoms with van der Waals surface area (Å²) in [5.41, 5.74) is 1.90. The SMILES string of the molecule is CCCNc1nc(-c2cn(-c3cccc(OC)c3)nn2)nc2c1ncn2C1OC(C(=O)NC)[C@@H](O)[C@H]1O. The van der Waals surface area contributed by atoms with Crippen LogP contribution in [0.15, 0.2) is 36.8 Å². The molecule has 4 heterocycles. The van der Waals surface area contributed by atoms with Crippen LogP contribution in [0.3, 0.4) is 0 Å². The summed E-state index contributed by atoms with van der Waals surface area (Å²) in [5.74, 6) is 0.855. The summed E-state index contributed by atoms with van der Waals surface area (Å²) in [6.45, 7) is 2.66. The summed E-state index contributed by atoms with van der Waals surface area (Å²) in [5, 5.41) is 35.2. The van der Waals surface area contributed by atoms with Crippen molar-refractivity contribution in [3.05, 3.63) is 36.8 Å². The van der Waals surface area contributed by atoms with Crippen molar-refractivity contribution < 1.29 is 24.5 Å². The molecule has 4 aromatic rings. The van der Waals surface area contributed by atoms with Gasteiger partial charge in [-0.25, -0.2) is 19.6 Å². The number of methoxy groups -OCH3 is 1. The third-order valence-corrected chi connectivity index (χ3v) is 6.02. The Morgan fingerprint density at radius 2 is 2.08 bits per heavy atom. The van der Waals surface area contributed by atoms with Gasteiger partial charge in [-0.15, -0.1) is 5.10 Å². The second kappa shape index (κ2) is 10.1. The molecule has 1 saturated heterocycles. The highest BCUT2D eigenvalue weighted by Gasteiger charge is 2.47. The number of carbonyl (C=O) groups is 1. The van der Waals surface area contributed by atoms with Crippen LogP contribution in [-0.2, 0) is 9.53 Å². The van der Waals surface area contributed by atoms with Crippen LogP contribution in [0.5, 0.6) is 5.75 Å². The van der Waals surface area contributed by atoms with E-state index in [1.54, 1.807) is 18.0 Å². The van der Waals surface area contributed by atoms with Crippen LogP contribution in [0.25, 0.3) is 28.4 Å². The van der Waals surface area contributed by atoms with Crippen molar-refractivity contribution in [2.45, 2.75) is 37.9 Å². The van der Waals surface area contributed by atoms with Crippen molar-refractivity contribution in [3.8, 4) is 23.0 Å². The number of anilines is 1. The second-order valence-electron chi connectivity index (χ2n) is 8.44. The van der Waals surface area contributed by atoms with Crippen molar-refractivity contribution >= 4 is 22.9 Å². The Morgan fingerprint density at radius 3 is 2.84 bits per heavy atom. The zero-order chi connectivity index (χ0) is 26.1. The molecule has 0 spiro atoms. The summed E-state index contributed by atoms with van der Waals surface area (Å²) in [6.07, 6.45) is -1.20. The molecular formula is C23H27N9O5. The van der Waals surface area contributed by atoms with Gasteiger partial charge in [0.1, 0.15) is 18.0 Å². The van der Waals surface area contributed by atoms with Gasteiger partial charge in [-0.05, 0) is 18.6 Å². The van der Waals surface area contributed by atoms with Crippen LogP contribution in [0.4, 0.5) is 5.82 Å². The number of benzene rings is 1. The molecule has 1 amide bonds. The average molecular weight is 510 g/mol. The van der Waals surface area contributed by atoms with Crippen molar-refractivity contribution in [2.75, 3.05) is 26.0 Å². The molecule has 1 aliphatic rings. The van der Waals surface area contributed by atoms with E-state index in [0.717, 1.165) is 12.1 Å². The van der Waals surface area contributed by atoms with Gasteiger partial charge in [0.2, 0.25) is 0 Å².